The summed E-state index contributed by atoms with van der Waals surface area (Å²) in [7, 11) is 1.66. The van der Waals surface area contributed by atoms with Crippen molar-refractivity contribution in [3.63, 3.8) is 0 Å². The predicted molar refractivity (Wildman–Crippen MR) is 90.7 cm³/mol. The quantitative estimate of drug-likeness (QED) is 0.741. The molecule has 0 spiro atoms. The fourth-order valence-electron chi connectivity index (χ4n) is 2.51. The van der Waals surface area contributed by atoms with Crippen molar-refractivity contribution >= 4 is 18.3 Å². The molecule has 1 fully saturated rings. The highest BCUT2D eigenvalue weighted by Gasteiger charge is 2.09. The number of nitrogens with zero attached hydrogens (tertiary/aromatic N) is 1. The predicted octanol–water partition coefficient (Wildman–Crippen LogP) is 1.28. The van der Waals surface area contributed by atoms with Crippen LogP contribution in [0.25, 0.3) is 0 Å². The third kappa shape index (κ3) is 6.32. The van der Waals surface area contributed by atoms with E-state index in [1.54, 1.807) is 7.11 Å². The van der Waals surface area contributed by atoms with E-state index >= 15 is 0 Å². The van der Waals surface area contributed by atoms with E-state index in [-0.39, 0.29) is 18.3 Å². The molecule has 0 aromatic heterocycles. The van der Waals surface area contributed by atoms with Crippen LogP contribution in [-0.4, -0.2) is 57.2 Å². The first-order valence-corrected chi connectivity index (χ1v) is 7.59. The summed E-state index contributed by atoms with van der Waals surface area (Å²) in [5.74, 6) is -0.00624. The van der Waals surface area contributed by atoms with Gasteiger partial charge in [0.1, 0.15) is 0 Å². The minimum absolute atomic E-state index is 0. The van der Waals surface area contributed by atoms with Gasteiger partial charge in [-0.05, 0) is 30.7 Å². The molecule has 1 saturated heterocycles. The minimum atomic E-state index is -0.00624. The summed E-state index contributed by atoms with van der Waals surface area (Å²) >= 11 is 0. The van der Waals surface area contributed by atoms with Crippen LogP contribution in [0.2, 0.25) is 0 Å². The van der Waals surface area contributed by atoms with Crippen molar-refractivity contribution in [1.82, 2.24) is 15.5 Å². The maximum atomic E-state index is 12.1. The van der Waals surface area contributed by atoms with E-state index in [2.05, 4.69) is 15.5 Å². The summed E-state index contributed by atoms with van der Waals surface area (Å²) in [6.45, 7) is 6.64. The number of hydrogen-bond acceptors (Lipinski definition) is 4. The van der Waals surface area contributed by atoms with Crippen molar-refractivity contribution in [2.24, 2.45) is 0 Å². The van der Waals surface area contributed by atoms with Crippen molar-refractivity contribution in [1.29, 1.82) is 0 Å². The Hall–Kier alpha value is -1.14. The number of halogens is 1. The van der Waals surface area contributed by atoms with Crippen molar-refractivity contribution in [3.8, 4) is 0 Å². The average Bonchev–Trinajstić information content (AvgIpc) is 2.53. The number of carbonyl (C=O) groups excluding carboxylic acids is 1. The molecule has 5 nitrogen and oxygen atoms in total. The number of hydrogen-bond donors (Lipinski definition) is 2. The first-order chi connectivity index (χ1) is 10.3. The van der Waals surface area contributed by atoms with Gasteiger partial charge in [0.15, 0.2) is 0 Å². The van der Waals surface area contributed by atoms with E-state index in [0.717, 1.165) is 51.3 Å². The van der Waals surface area contributed by atoms with Crippen LogP contribution in [0.4, 0.5) is 0 Å². The molecule has 2 rings (SSSR count). The summed E-state index contributed by atoms with van der Waals surface area (Å²) in [5.41, 5.74) is 1.72. The summed E-state index contributed by atoms with van der Waals surface area (Å²) in [4.78, 5) is 14.5. The highest BCUT2D eigenvalue weighted by atomic mass is 35.5. The Bertz CT molecular complexity index is 451. The molecule has 22 heavy (non-hydrogen) atoms. The first kappa shape index (κ1) is 18.9. The van der Waals surface area contributed by atoms with Gasteiger partial charge in [-0.3, -0.25) is 4.79 Å². The van der Waals surface area contributed by atoms with E-state index < -0.39 is 0 Å². The molecular formula is C16H26ClN3O2. The molecule has 1 amide bonds. The van der Waals surface area contributed by atoms with Crippen LogP contribution in [-0.2, 0) is 11.3 Å². The Kier molecular flexibility index (Phi) is 9.08. The van der Waals surface area contributed by atoms with E-state index in [1.807, 2.05) is 24.3 Å². The van der Waals surface area contributed by atoms with E-state index in [0.29, 0.717) is 12.2 Å². The Balaban J connectivity index is 0.00000242. The zero-order valence-corrected chi connectivity index (χ0v) is 14.0. The summed E-state index contributed by atoms with van der Waals surface area (Å²) < 4.78 is 5.09. The Labute approximate surface area is 138 Å². The second-order valence-corrected chi connectivity index (χ2v) is 5.33. The lowest BCUT2D eigenvalue weighted by Gasteiger charge is -2.27. The number of nitrogens with one attached hydrogen (secondary N) is 2. The number of amides is 1. The maximum absolute atomic E-state index is 12.1. The summed E-state index contributed by atoms with van der Waals surface area (Å²) in [6, 6.07) is 7.58. The van der Waals surface area contributed by atoms with E-state index in [9.17, 15) is 4.79 Å². The highest BCUT2D eigenvalue weighted by molar-refractivity contribution is 5.94. The van der Waals surface area contributed by atoms with Crippen molar-refractivity contribution < 1.29 is 9.53 Å². The normalized spacial score (nSPS) is 15.1. The van der Waals surface area contributed by atoms with Gasteiger partial charge in [0.05, 0.1) is 6.61 Å². The van der Waals surface area contributed by atoms with Crippen molar-refractivity contribution in [3.05, 3.63) is 35.4 Å². The number of methoxy groups -OCH3 is 1. The fourth-order valence-corrected chi connectivity index (χ4v) is 2.51. The minimum Gasteiger partial charge on any atom is -0.380 e. The molecule has 124 valence electrons. The molecule has 1 aliphatic heterocycles. The van der Waals surface area contributed by atoms with Crippen LogP contribution in [0.3, 0.4) is 0 Å². The molecule has 0 bridgehead atoms. The number of rotatable bonds is 7. The van der Waals surface area contributed by atoms with Gasteiger partial charge in [-0.15, -0.1) is 12.4 Å². The molecule has 0 unspecified atom stereocenters. The molecule has 6 heteroatoms. The van der Waals surface area contributed by atoms with Crippen LogP contribution < -0.4 is 10.6 Å². The van der Waals surface area contributed by atoms with Crippen molar-refractivity contribution in [2.75, 3.05) is 46.4 Å². The largest absolute Gasteiger partial charge is 0.380 e. The maximum Gasteiger partial charge on any atom is 0.251 e. The van der Waals surface area contributed by atoms with Gasteiger partial charge in [0.2, 0.25) is 0 Å². The molecular weight excluding hydrogens is 302 g/mol. The lowest BCUT2D eigenvalue weighted by atomic mass is 10.1. The molecule has 1 heterocycles. The van der Waals surface area contributed by atoms with Crippen LogP contribution in [0, 0.1) is 0 Å². The van der Waals surface area contributed by atoms with E-state index in [4.69, 9.17) is 4.74 Å². The summed E-state index contributed by atoms with van der Waals surface area (Å²) in [6.07, 6.45) is 0.990. The van der Waals surface area contributed by atoms with E-state index in [1.165, 1.54) is 0 Å². The molecule has 0 atom stereocenters. The number of ether oxygens (including phenoxy) is 1. The van der Waals surface area contributed by atoms with Gasteiger partial charge in [-0.25, -0.2) is 0 Å². The van der Waals surface area contributed by atoms with Gasteiger partial charge >= 0.3 is 0 Å². The molecule has 1 aromatic rings. The van der Waals surface area contributed by atoms with Crippen LogP contribution >= 0.6 is 12.4 Å². The number of piperazine rings is 1. The second-order valence-electron chi connectivity index (χ2n) is 5.33. The monoisotopic (exact) mass is 327 g/mol. The van der Waals surface area contributed by atoms with Crippen molar-refractivity contribution in [2.45, 2.75) is 13.0 Å². The second kappa shape index (κ2) is 10.6. The average molecular weight is 328 g/mol. The van der Waals surface area contributed by atoms with Crippen LogP contribution in [0.5, 0.6) is 0 Å². The lowest BCUT2D eigenvalue weighted by molar-refractivity contribution is 0.0951. The fraction of sp³-hybridized carbons (Fsp3) is 0.562. The van der Waals surface area contributed by atoms with Gasteiger partial charge in [0, 0.05) is 45.4 Å². The number of carbonyl (C=O) groups is 1. The molecule has 1 aromatic carbocycles. The molecule has 0 radical (unpaired) electrons. The summed E-state index contributed by atoms with van der Waals surface area (Å²) in [5, 5.41) is 6.32. The number of benzene rings is 1. The first-order valence-electron chi connectivity index (χ1n) is 7.59. The smallest absolute Gasteiger partial charge is 0.251 e. The zero-order valence-electron chi connectivity index (χ0n) is 13.1. The highest BCUT2D eigenvalue weighted by Crippen LogP contribution is 2.06. The standard InChI is InChI=1S/C16H25N3O2.ClH/c1-21-13-14-4-2-5-15(12-14)16(20)18-6-3-9-19-10-7-17-8-11-19;/h2,4-5,12,17H,3,6-11,13H2,1H3,(H,18,20);1H. The zero-order chi connectivity index (χ0) is 14.9. The van der Waals surface area contributed by atoms with Gasteiger partial charge < -0.3 is 20.3 Å². The van der Waals surface area contributed by atoms with Crippen LogP contribution in [0.1, 0.15) is 22.3 Å². The Morgan fingerprint density at radius 1 is 1.36 bits per heavy atom. The van der Waals surface area contributed by atoms with Gasteiger partial charge in [-0.2, -0.15) is 0 Å². The van der Waals surface area contributed by atoms with Crippen LogP contribution in [0.15, 0.2) is 24.3 Å². The topological polar surface area (TPSA) is 53.6 Å². The lowest BCUT2D eigenvalue weighted by Crippen LogP contribution is -2.44. The van der Waals surface area contributed by atoms with Gasteiger partial charge in [0.25, 0.3) is 5.91 Å². The third-order valence-electron chi connectivity index (χ3n) is 3.65. The molecule has 1 aliphatic rings. The third-order valence-corrected chi connectivity index (χ3v) is 3.65. The molecule has 2 N–H and O–H groups in total. The molecule has 0 saturated carbocycles. The Morgan fingerprint density at radius 2 is 2.14 bits per heavy atom. The molecule has 0 aliphatic carbocycles. The SMILES string of the molecule is COCc1cccc(C(=O)NCCCN2CCNCC2)c1.Cl. The Morgan fingerprint density at radius 3 is 2.86 bits per heavy atom. The van der Waals surface area contributed by atoms with Gasteiger partial charge in [-0.1, -0.05) is 12.1 Å².